The number of halogens is 1. The number of carbonyl (C=O) groups is 10. The number of hydrogen-bond acceptors (Lipinski definition) is 16. The molecule has 1 aliphatic rings. The van der Waals surface area contributed by atoms with Crippen molar-refractivity contribution in [1.29, 1.82) is 0 Å². The van der Waals surface area contributed by atoms with Crippen molar-refractivity contribution < 1.29 is 58.2 Å². The molecule has 0 spiro atoms. The Bertz CT molecular complexity index is 2750. The van der Waals surface area contributed by atoms with E-state index in [0.717, 1.165) is 35.2 Å². The maximum atomic E-state index is 13.9. The number of amides is 8. The van der Waals surface area contributed by atoms with Gasteiger partial charge >= 0.3 is 18.0 Å². The fourth-order valence-corrected chi connectivity index (χ4v) is 10.0. The van der Waals surface area contributed by atoms with Crippen LogP contribution in [0.15, 0.2) is 71.5 Å². The normalized spacial score (nSPS) is 15.4. The third kappa shape index (κ3) is 28.3. The van der Waals surface area contributed by atoms with Gasteiger partial charge in [-0.15, -0.1) is 0 Å². The van der Waals surface area contributed by atoms with Crippen molar-refractivity contribution in [1.82, 2.24) is 45.4 Å². The number of carbonyl (C=O) groups excluding carboxylic acids is 8. The number of primary amides is 4. The molecule has 8 amide bonds. The predicted octanol–water partition coefficient (Wildman–Crippen LogP) is 1.31. The first kappa shape index (κ1) is 70.0. The molecule has 0 bridgehead atoms. The number of urea groups is 1. The molecule has 1 unspecified atom stereocenters. The third-order valence-electron chi connectivity index (χ3n) is 14.0. The lowest BCUT2D eigenvalue weighted by molar-refractivity contribution is -0.139. The van der Waals surface area contributed by atoms with Crippen LogP contribution in [0.1, 0.15) is 98.2 Å². The van der Waals surface area contributed by atoms with Crippen molar-refractivity contribution in [2.24, 2.45) is 22.9 Å². The number of nitrogens with two attached hydrogens (primary N) is 4. The van der Waals surface area contributed by atoms with Crippen molar-refractivity contribution in [2.75, 3.05) is 83.9 Å². The zero-order valence-corrected chi connectivity index (χ0v) is 50.4. The number of thiocarbonyl (C=S) groups is 1. The Morgan fingerprint density at radius 3 is 1.75 bits per heavy atom. The summed E-state index contributed by atoms with van der Waals surface area (Å²) in [5.41, 5.74) is 26.2. The van der Waals surface area contributed by atoms with E-state index in [1.807, 2.05) is 49.9 Å². The molecule has 3 atom stereocenters. The number of carboxylic acid groups (broad SMARTS) is 2. The lowest BCUT2D eigenvalue weighted by atomic mass is 10.0. The molecule has 2 aromatic carbocycles. The molecule has 1 aliphatic heterocycles. The van der Waals surface area contributed by atoms with Gasteiger partial charge in [0.1, 0.15) is 22.5 Å². The van der Waals surface area contributed by atoms with E-state index in [2.05, 4.69) is 42.2 Å². The summed E-state index contributed by atoms with van der Waals surface area (Å²) in [5.74, 6) is -5.47. The molecule has 4 rings (SSSR count). The number of benzene rings is 2. The maximum absolute atomic E-state index is 13.9. The van der Waals surface area contributed by atoms with Gasteiger partial charge in [-0.1, -0.05) is 49.0 Å². The molecular formula is C57H81BrN14O12S. The van der Waals surface area contributed by atoms with Crippen molar-refractivity contribution in [3.8, 4) is 0 Å². The maximum Gasteiger partial charge on any atom is 0.326 e. The Kier molecular flexibility index (Phi) is 30.5. The van der Waals surface area contributed by atoms with Gasteiger partial charge in [-0.25, -0.2) is 19.4 Å². The molecule has 28 heteroatoms. The molecule has 26 nitrogen and oxygen atoms in total. The lowest BCUT2D eigenvalue weighted by Gasteiger charge is -2.38. The molecule has 3 aromatic rings. The molecule has 14 N–H and O–H groups in total. The summed E-state index contributed by atoms with van der Waals surface area (Å²) in [6.07, 6.45) is 5.55. The van der Waals surface area contributed by atoms with Crippen molar-refractivity contribution in [3.05, 3.63) is 93.7 Å². The zero-order valence-electron chi connectivity index (χ0n) is 48.0. The summed E-state index contributed by atoms with van der Waals surface area (Å²) in [6, 6.07) is 14.1. The largest absolute Gasteiger partial charge is 0.480 e. The number of pyridine rings is 1. The SMILES string of the molecule is CC(=O)CC[C@@H](NC(=O)N[C@H](CCCCN(Cc1ccc(Br)nc1)C(=O)c1ccc(CNC(=O)CCCCCC(=S)Nc2ccc(CC3CN(CC(N)=O)CCN(CC(N)=O)CCN(CC(N)=O)CCN3CC(N)=O)cc2)cc1)C(=O)O)C(=O)O. The fourth-order valence-electron chi connectivity index (χ4n) is 9.52. The monoisotopic (exact) mass is 1260 g/mol. The van der Waals surface area contributed by atoms with Gasteiger partial charge in [-0.3, -0.25) is 48.4 Å². The van der Waals surface area contributed by atoms with E-state index in [1.54, 1.807) is 41.4 Å². The van der Waals surface area contributed by atoms with E-state index < -0.39 is 53.7 Å². The molecule has 85 heavy (non-hydrogen) atoms. The number of rotatable bonds is 34. The molecule has 0 saturated carbocycles. The van der Waals surface area contributed by atoms with Crippen LogP contribution in [0.5, 0.6) is 0 Å². The minimum Gasteiger partial charge on any atom is -0.480 e. The highest BCUT2D eigenvalue weighted by molar-refractivity contribution is 9.10. The number of hydrogen-bond donors (Lipinski definition) is 10. The Labute approximate surface area is 508 Å². The summed E-state index contributed by atoms with van der Waals surface area (Å²) in [5, 5.41) is 30.0. The van der Waals surface area contributed by atoms with Crippen LogP contribution in [-0.2, 0) is 57.9 Å². The average Bonchev–Trinajstić information content (AvgIpc) is 3.62. The number of anilines is 1. The van der Waals surface area contributed by atoms with Gasteiger partial charge in [0.15, 0.2) is 0 Å². The van der Waals surface area contributed by atoms with Gasteiger partial charge in [-0.2, -0.15) is 0 Å². The Hall–Kier alpha value is -7.50. The van der Waals surface area contributed by atoms with Crippen LogP contribution < -0.4 is 44.2 Å². The summed E-state index contributed by atoms with van der Waals surface area (Å²) < 4.78 is 0.615. The zero-order chi connectivity index (χ0) is 62.4. The van der Waals surface area contributed by atoms with Crippen molar-refractivity contribution >= 4 is 98.0 Å². The van der Waals surface area contributed by atoms with Crippen LogP contribution in [0.2, 0.25) is 0 Å². The predicted molar refractivity (Wildman–Crippen MR) is 324 cm³/mol. The van der Waals surface area contributed by atoms with E-state index in [9.17, 15) is 58.2 Å². The highest BCUT2D eigenvalue weighted by atomic mass is 79.9. The first-order chi connectivity index (χ1) is 40.4. The van der Waals surface area contributed by atoms with Crippen LogP contribution in [0, 0.1) is 0 Å². The molecule has 0 aliphatic carbocycles. The summed E-state index contributed by atoms with van der Waals surface area (Å²) >= 11 is 8.99. The van der Waals surface area contributed by atoms with Gasteiger partial charge in [0.2, 0.25) is 29.5 Å². The van der Waals surface area contributed by atoms with E-state index in [0.29, 0.717) is 93.1 Å². The molecule has 464 valence electrons. The van der Waals surface area contributed by atoms with Crippen molar-refractivity contribution in [3.63, 3.8) is 0 Å². The van der Waals surface area contributed by atoms with Crippen LogP contribution >= 0.6 is 28.1 Å². The topological polar surface area (TPSA) is 392 Å². The number of Topliss-reactive ketones (excluding diaryl/α,β-unsaturated/α-hetero) is 1. The highest BCUT2D eigenvalue weighted by Gasteiger charge is 2.28. The fraction of sp³-hybridized carbons (Fsp3) is 0.509. The molecule has 1 saturated heterocycles. The molecule has 1 fully saturated rings. The number of unbranched alkanes of at least 4 members (excludes halogenated alkanes) is 3. The van der Waals surface area contributed by atoms with E-state index >= 15 is 0 Å². The lowest BCUT2D eigenvalue weighted by Crippen LogP contribution is -2.54. The van der Waals surface area contributed by atoms with Crippen molar-refractivity contribution in [2.45, 2.75) is 109 Å². The second kappa shape index (κ2) is 37.0. The standard InChI is InChI=1S/C57H81BrN14O12S/c1-38(73)10-20-46(56(82)83)67-57(84)66-45(55(80)81)7-5-6-22-72(32-41-15-21-47(58)63-31-41)54(79)42-16-11-40(12-17-42)30-64-52(78)8-3-2-4-9-53(85)65-43-18-13-39(14-19-43)29-44-33-70(36-50(61)76)26-25-68(34-48(59)74)23-24-69(35-49(60)75)27-28-71(44)37-51(62)77/h11-19,21,31,44-46H,2-10,20,22-30,32-37H2,1H3,(H2,59,74)(H2,60,75)(H2,61,76)(H2,62,77)(H,64,78)(H,65,85)(H,80,81)(H,82,83)(H2,66,67,84)/t44?,45-,46-/m1/s1. The number of carboxylic acids is 2. The van der Waals surface area contributed by atoms with E-state index in [4.69, 9.17) is 35.2 Å². The van der Waals surface area contributed by atoms with Gasteiger partial charge in [-0.05, 0) is 121 Å². The first-order valence-corrected chi connectivity index (χ1v) is 29.3. The number of nitrogens with one attached hydrogen (secondary N) is 4. The molecule has 2 heterocycles. The van der Waals surface area contributed by atoms with Gasteiger partial charge in [0.25, 0.3) is 5.91 Å². The first-order valence-electron chi connectivity index (χ1n) is 28.1. The van der Waals surface area contributed by atoms with Crippen LogP contribution in [0.25, 0.3) is 0 Å². The minimum atomic E-state index is -1.38. The van der Waals surface area contributed by atoms with Crippen LogP contribution in [-0.4, -0.2) is 201 Å². The summed E-state index contributed by atoms with van der Waals surface area (Å²) in [4.78, 5) is 137. The summed E-state index contributed by atoms with van der Waals surface area (Å²) in [6.45, 7) is 4.40. The van der Waals surface area contributed by atoms with Crippen LogP contribution in [0.4, 0.5) is 10.5 Å². The number of aromatic nitrogens is 1. The second-order valence-electron chi connectivity index (χ2n) is 21.1. The minimum absolute atomic E-state index is 0.00941. The third-order valence-corrected chi connectivity index (χ3v) is 14.7. The highest BCUT2D eigenvalue weighted by Crippen LogP contribution is 2.19. The van der Waals surface area contributed by atoms with E-state index in [-0.39, 0.29) is 95.1 Å². The quantitative estimate of drug-likeness (QED) is 0.0229. The summed E-state index contributed by atoms with van der Waals surface area (Å²) in [7, 11) is 0. The Balaban J connectivity index is 1.25. The van der Waals surface area contributed by atoms with Crippen LogP contribution in [0.3, 0.4) is 0 Å². The molecule has 0 radical (unpaired) electrons. The molecule has 1 aromatic heterocycles. The smallest absolute Gasteiger partial charge is 0.326 e. The molecular weight excluding hydrogens is 1180 g/mol. The second-order valence-corrected chi connectivity index (χ2v) is 22.4. The number of ketones is 1. The average molecular weight is 1270 g/mol. The number of aliphatic carboxylic acids is 2. The van der Waals surface area contributed by atoms with Gasteiger partial charge < -0.3 is 64.1 Å². The Morgan fingerprint density at radius 1 is 0.647 bits per heavy atom. The van der Waals surface area contributed by atoms with Gasteiger partial charge in [0.05, 0.1) is 31.2 Å². The van der Waals surface area contributed by atoms with E-state index in [1.165, 1.54) is 6.92 Å². The number of nitrogens with zero attached hydrogens (tertiary/aromatic N) is 6. The Morgan fingerprint density at radius 2 is 1.19 bits per heavy atom. The van der Waals surface area contributed by atoms with Gasteiger partial charge in [0, 0.05) is 102 Å².